The molecule has 6 atom stereocenters. The number of anilines is 1. The van der Waals surface area contributed by atoms with E-state index in [0.717, 1.165) is 0 Å². The summed E-state index contributed by atoms with van der Waals surface area (Å²) < 4.78 is 26.6. The van der Waals surface area contributed by atoms with Gasteiger partial charge in [-0.1, -0.05) is 12.2 Å². The van der Waals surface area contributed by atoms with E-state index in [0.29, 0.717) is 5.69 Å². The summed E-state index contributed by atoms with van der Waals surface area (Å²) in [5, 5.41) is 35.3. The molecule has 0 aliphatic carbocycles. The molecule has 1 unspecified atom stereocenters. The van der Waals surface area contributed by atoms with Gasteiger partial charge in [0.05, 0.1) is 6.61 Å². The molecule has 0 bridgehead atoms. The molecule has 2 amide bonds. The highest BCUT2D eigenvalue weighted by Crippen LogP contribution is 2.47. The van der Waals surface area contributed by atoms with E-state index in [1.54, 1.807) is 12.1 Å². The van der Waals surface area contributed by atoms with Crippen LogP contribution in [-0.2, 0) is 13.8 Å². The van der Waals surface area contributed by atoms with Gasteiger partial charge in [0.1, 0.15) is 30.2 Å². The van der Waals surface area contributed by atoms with Gasteiger partial charge >= 0.3 is 12.8 Å². The number of hydrogen-bond donors (Lipinski definition) is 7. The largest absolute Gasteiger partial charge is 0.462 e. The fourth-order valence-electron chi connectivity index (χ4n) is 2.50. The second-order valence-corrected chi connectivity index (χ2v) is 9.45. The molecule has 6 N–H and O–H groups in total. The molecular weight excluding hydrogens is 427 g/mol. The second kappa shape index (κ2) is 10.1. The Bertz CT molecular complexity index is 730. The summed E-state index contributed by atoms with van der Waals surface area (Å²) >= 11 is 3.35. The maximum atomic E-state index is 11.7. The lowest BCUT2D eigenvalue weighted by Crippen LogP contribution is -2.60. The Hall–Kier alpha value is -1.37. The van der Waals surface area contributed by atoms with E-state index in [1.165, 1.54) is 12.1 Å². The van der Waals surface area contributed by atoms with E-state index < -0.39 is 44.1 Å². The van der Waals surface area contributed by atoms with Crippen molar-refractivity contribution in [2.75, 3.05) is 11.9 Å². The number of benzene rings is 1. The number of hydrogen-bond acceptors (Lipinski definition) is 8. The van der Waals surface area contributed by atoms with Gasteiger partial charge in [-0.25, -0.2) is 9.36 Å². The third kappa shape index (κ3) is 7.43. The Morgan fingerprint density at radius 1 is 1.21 bits per heavy atom. The molecule has 1 aromatic rings. The van der Waals surface area contributed by atoms with Crippen LogP contribution in [0, 0.1) is 0 Å². The summed E-state index contributed by atoms with van der Waals surface area (Å²) in [6, 6.07) is 5.71. The van der Waals surface area contributed by atoms with Crippen molar-refractivity contribution in [1.29, 1.82) is 0 Å². The smallest absolute Gasteiger partial charge is 0.383 e. The fraction of sp³-hybridized carbons (Fsp3) is 0.562. The molecule has 13 heteroatoms. The van der Waals surface area contributed by atoms with Gasteiger partial charge in [0, 0.05) is 11.7 Å². The SMILES string of the molecule is CC(C)NC(=O)Nc1ccc(O[C@H]2O[C@H](COP(=O)(O)S)[C@@H](O)[C@H](O)[C@@H]2O)cc1. The van der Waals surface area contributed by atoms with Crippen LogP contribution in [0.5, 0.6) is 5.75 Å². The topological polar surface area (TPSA) is 167 Å². The summed E-state index contributed by atoms with van der Waals surface area (Å²) in [6.07, 6.45) is -7.43. The number of aliphatic hydroxyl groups is 3. The lowest BCUT2D eigenvalue weighted by Gasteiger charge is -2.40. The number of nitrogens with one attached hydrogen (secondary N) is 2. The summed E-state index contributed by atoms with van der Waals surface area (Å²) in [5.74, 6) is 0.245. The molecule has 0 aromatic heterocycles. The summed E-state index contributed by atoms with van der Waals surface area (Å²) in [4.78, 5) is 20.8. The first kappa shape index (κ1) is 23.9. The van der Waals surface area contributed by atoms with Crippen molar-refractivity contribution in [3.05, 3.63) is 24.3 Å². The van der Waals surface area contributed by atoms with Crippen LogP contribution in [0.4, 0.5) is 10.5 Å². The fourth-order valence-corrected chi connectivity index (χ4v) is 3.04. The van der Waals surface area contributed by atoms with Crippen LogP contribution in [0.25, 0.3) is 0 Å². The Morgan fingerprint density at radius 2 is 1.83 bits per heavy atom. The first-order valence-electron chi connectivity index (χ1n) is 8.70. The number of aliphatic hydroxyl groups excluding tert-OH is 3. The van der Waals surface area contributed by atoms with Gasteiger partial charge < -0.3 is 40.3 Å². The number of amides is 2. The standard InChI is InChI=1S/C16H25N2O9PS/c1-8(2)17-16(22)18-9-3-5-10(6-4-9)26-15-14(21)13(20)12(19)11(27-15)7-25-28(23,24)29/h3-6,8,11-15,19-21H,7H2,1-2H3,(H2,17,18,22)(H2,23,24,29)/t11-,12-,13+,14+,15+/m1/s1. The van der Waals surface area contributed by atoms with E-state index in [9.17, 15) is 24.7 Å². The van der Waals surface area contributed by atoms with Gasteiger partial charge in [0.2, 0.25) is 6.29 Å². The molecule has 11 nitrogen and oxygen atoms in total. The van der Waals surface area contributed by atoms with Crippen molar-refractivity contribution in [2.45, 2.75) is 50.6 Å². The van der Waals surface area contributed by atoms with E-state index in [4.69, 9.17) is 14.4 Å². The third-order valence-corrected chi connectivity index (χ3v) is 4.69. The van der Waals surface area contributed by atoms with E-state index in [2.05, 4.69) is 27.4 Å². The number of urea groups is 1. The average molecular weight is 452 g/mol. The maximum Gasteiger partial charge on any atom is 0.383 e. The molecule has 1 aliphatic heterocycles. The highest BCUT2D eigenvalue weighted by Gasteiger charge is 2.45. The van der Waals surface area contributed by atoms with E-state index in [-0.39, 0.29) is 17.8 Å². The minimum Gasteiger partial charge on any atom is -0.462 e. The van der Waals surface area contributed by atoms with E-state index >= 15 is 0 Å². The van der Waals surface area contributed by atoms with Gasteiger partial charge in [-0.2, -0.15) is 0 Å². The molecule has 1 heterocycles. The van der Waals surface area contributed by atoms with Crippen LogP contribution in [0.3, 0.4) is 0 Å². The van der Waals surface area contributed by atoms with Crippen molar-refractivity contribution in [2.24, 2.45) is 0 Å². The normalized spacial score (nSPS) is 29.2. The molecular formula is C16H25N2O9PS. The summed E-state index contributed by atoms with van der Waals surface area (Å²) in [7, 11) is 0. The van der Waals surface area contributed by atoms with Crippen LogP contribution in [0.15, 0.2) is 24.3 Å². The lowest BCUT2D eigenvalue weighted by atomic mass is 9.99. The maximum absolute atomic E-state index is 11.7. The zero-order chi connectivity index (χ0) is 21.8. The molecule has 2 rings (SSSR count). The molecule has 0 spiro atoms. The summed E-state index contributed by atoms with van der Waals surface area (Å²) in [6.45, 7) is -1.04. The third-order valence-electron chi connectivity index (χ3n) is 3.86. The van der Waals surface area contributed by atoms with Crippen molar-refractivity contribution >= 4 is 30.8 Å². The first-order valence-corrected chi connectivity index (χ1v) is 11.4. The first-order chi connectivity index (χ1) is 13.5. The van der Waals surface area contributed by atoms with Crippen LogP contribution in [-0.4, -0.2) is 69.6 Å². The van der Waals surface area contributed by atoms with Crippen LogP contribution in [0.1, 0.15) is 13.8 Å². The molecule has 1 saturated heterocycles. The molecule has 1 fully saturated rings. The van der Waals surface area contributed by atoms with Gasteiger partial charge in [-0.3, -0.25) is 4.52 Å². The zero-order valence-corrected chi connectivity index (χ0v) is 17.5. The molecule has 164 valence electrons. The Kier molecular flexibility index (Phi) is 8.32. The molecule has 0 radical (unpaired) electrons. The lowest BCUT2D eigenvalue weighted by molar-refractivity contribution is -0.276. The molecule has 29 heavy (non-hydrogen) atoms. The predicted octanol–water partition coefficient (Wildman–Crippen LogP) is 0.450. The van der Waals surface area contributed by atoms with E-state index in [1.807, 2.05) is 13.8 Å². The van der Waals surface area contributed by atoms with Crippen molar-refractivity contribution in [1.82, 2.24) is 5.32 Å². The van der Waals surface area contributed by atoms with Gasteiger partial charge in [-0.15, -0.1) is 0 Å². The van der Waals surface area contributed by atoms with Gasteiger partial charge in [0.25, 0.3) is 0 Å². The van der Waals surface area contributed by atoms with Crippen molar-refractivity contribution < 1.29 is 43.6 Å². The number of ether oxygens (including phenoxy) is 2. The van der Waals surface area contributed by atoms with Crippen molar-refractivity contribution in [3.8, 4) is 5.75 Å². The predicted molar refractivity (Wildman–Crippen MR) is 106 cm³/mol. The zero-order valence-electron chi connectivity index (χ0n) is 15.7. The summed E-state index contributed by atoms with van der Waals surface area (Å²) in [5.41, 5.74) is 0.495. The van der Waals surface area contributed by atoms with Crippen molar-refractivity contribution in [3.63, 3.8) is 0 Å². The van der Waals surface area contributed by atoms with Crippen LogP contribution < -0.4 is 15.4 Å². The minimum absolute atomic E-state index is 0.0245. The Morgan fingerprint density at radius 3 is 2.38 bits per heavy atom. The Balaban J connectivity index is 1.99. The van der Waals surface area contributed by atoms with Crippen LogP contribution >= 0.6 is 19.0 Å². The number of carbonyl (C=O) groups excluding carboxylic acids is 1. The number of carbonyl (C=O) groups is 1. The molecule has 0 saturated carbocycles. The number of thiol groups is 1. The highest BCUT2D eigenvalue weighted by molar-refractivity contribution is 8.44. The number of rotatable bonds is 7. The highest BCUT2D eigenvalue weighted by atomic mass is 32.7. The minimum atomic E-state index is -4.13. The molecule has 1 aliphatic rings. The monoisotopic (exact) mass is 452 g/mol. The quantitative estimate of drug-likeness (QED) is 0.230. The van der Waals surface area contributed by atoms with Gasteiger partial charge in [-0.05, 0) is 38.1 Å². The Labute approximate surface area is 172 Å². The van der Waals surface area contributed by atoms with Gasteiger partial charge in [0.15, 0.2) is 0 Å². The average Bonchev–Trinajstić information content (AvgIpc) is 2.61. The van der Waals surface area contributed by atoms with Crippen LogP contribution in [0.2, 0.25) is 0 Å². The second-order valence-electron chi connectivity index (χ2n) is 6.70. The molecule has 1 aromatic carbocycles.